The summed E-state index contributed by atoms with van der Waals surface area (Å²) in [4.78, 5) is 52.2. The summed E-state index contributed by atoms with van der Waals surface area (Å²) in [7, 11) is -11.2. The molecule has 0 amide bonds. The molecule has 6 atom stereocenters. The zero-order valence-electron chi connectivity index (χ0n) is 14.4. The molecule has 29 heavy (non-hydrogen) atoms. The predicted octanol–water partition coefficient (Wildman–Crippen LogP) is -3.33. The number of phosphoric ester groups is 1. The van der Waals surface area contributed by atoms with Crippen molar-refractivity contribution in [3.8, 4) is 0 Å². The van der Waals surface area contributed by atoms with Crippen LogP contribution >= 0.6 is 15.6 Å². The first-order valence-electron chi connectivity index (χ1n) is 7.70. The SMILES string of the molecule is CC1(O)[C@@H](O)[C@@H](COP(=O)([O-])OP(=O)([O-])O)O[C@H]1n1cnc2c(=O)[nH]c(N)nc21. The predicted molar refractivity (Wildman–Crippen MR) is 87.6 cm³/mol. The van der Waals surface area contributed by atoms with Crippen molar-refractivity contribution in [2.24, 2.45) is 0 Å². The highest BCUT2D eigenvalue weighted by Gasteiger charge is 2.53. The Labute approximate surface area is 160 Å². The first-order valence-corrected chi connectivity index (χ1v) is 10.7. The van der Waals surface area contributed by atoms with E-state index in [4.69, 9.17) is 15.4 Å². The number of aromatic amines is 1. The highest BCUT2D eigenvalue weighted by Crippen LogP contribution is 2.53. The number of hydrogen-bond acceptors (Lipinski definition) is 13. The molecule has 2 aromatic heterocycles. The van der Waals surface area contributed by atoms with Gasteiger partial charge in [-0.15, -0.1) is 0 Å². The number of hydrogen-bond donors (Lipinski definition) is 5. The van der Waals surface area contributed by atoms with E-state index in [9.17, 15) is 33.9 Å². The Morgan fingerprint density at radius 2 is 2.14 bits per heavy atom. The van der Waals surface area contributed by atoms with Gasteiger partial charge in [-0.3, -0.25) is 23.5 Å². The van der Waals surface area contributed by atoms with Crippen LogP contribution in [-0.2, 0) is 22.7 Å². The minimum atomic E-state index is -5.65. The van der Waals surface area contributed by atoms with Crippen LogP contribution in [0.1, 0.15) is 13.2 Å². The van der Waals surface area contributed by atoms with E-state index in [1.807, 2.05) is 0 Å². The van der Waals surface area contributed by atoms with E-state index in [1.54, 1.807) is 0 Å². The standard InChI is InChI=1S/C11H17N5O11P2/c1-11(19)6(17)4(2-25-29(23,24)27-28(20,21)22)26-9(11)16-3-13-5-7(16)14-10(12)15-8(5)18/h3-4,6,9,17,19H,2H2,1H3,(H,23,24)(H2,20,21,22)(H3,12,14,15,18)/p-2/t4-,6+,9-,11?/m1/s1. The van der Waals surface area contributed by atoms with Crippen LogP contribution in [0.25, 0.3) is 11.2 Å². The lowest BCUT2D eigenvalue weighted by Gasteiger charge is -2.29. The van der Waals surface area contributed by atoms with Crippen molar-refractivity contribution < 1.29 is 47.6 Å². The molecular formula is C11H15N5O11P2-2. The van der Waals surface area contributed by atoms with E-state index in [2.05, 4.69) is 23.8 Å². The van der Waals surface area contributed by atoms with Gasteiger partial charge in [0.1, 0.15) is 17.8 Å². The number of anilines is 1. The van der Waals surface area contributed by atoms with Gasteiger partial charge in [0.05, 0.1) is 12.9 Å². The molecule has 0 radical (unpaired) electrons. The van der Waals surface area contributed by atoms with Crippen molar-refractivity contribution in [1.29, 1.82) is 0 Å². The smallest absolute Gasteiger partial charge is 0.280 e. The van der Waals surface area contributed by atoms with Crippen LogP contribution in [0.2, 0.25) is 0 Å². The van der Waals surface area contributed by atoms with Gasteiger partial charge in [0, 0.05) is 0 Å². The van der Waals surface area contributed by atoms with E-state index in [-0.39, 0.29) is 17.1 Å². The normalized spacial score (nSPS) is 31.6. The van der Waals surface area contributed by atoms with Gasteiger partial charge in [-0.1, -0.05) is 0 Å². The number of nitrogens with one attached hydrogen (secondary N) is 1. The molecule has 16 nitrogen and oxygen atoms in total. The quantitative estimate of drug-likeness (QED) is 0.267. The van der Waals surface area contributed by atoms with Gasteiger partial charge in [-0.2, -0.15) is 4.98 Å². The van der Waals surface area contributed by atoms with Gasteiger partial charge in [0.2, 0.25) is 5.95 Å². The summed E-state index contributed by atoms with van der Waals surface area (Å²) in [6.45, 7) is 0.176. The third-order valence-electron chi connectivity index (χ3n) is 4.06. The van der Waals surface area contributed by atoms with Gasteiger partial charge in [0.15, 0.2) is 17.4 Å². The Hall–Kier alpha value is -1.71. The molecule has 162 valence electrons. The number of aromatic nitrogens is 4. The number of ether oxygens (including phenoxy) is 1. The Bertz CT molecular complexity index is 1080. The molecule has 0 aromatic carbocycles. The molecular weight excluding hydrogens is 440 g/mol. The van der Waals surface area contributed by atoms with Crippen LogP contribution in [0.15, 0.2) is 11.1 Å². The lowest BCUT2D eigenvalue weighted by molar-refractivity contribution is -0.242. The molecule has 0 saturated carbocycles. The highest BCUT2D eigenvalue weighted by molar-refractivity contribution is 7.59. The summed E-state index contributed by atoms with van der Waals surface area (Å²) in [5.41, 5.74) is 2.54. The topological polar surface area (TPSA) is 258 Å². The fourth-order valence-electron chi connectivity index (χ4n) is 2.81. The molecule has 1 fully saturated rings. The average Bonchev–Trinajstić information content (AvgIpc) is 3.04. The number of aliphatic hydroxyl groups excluding tert-OH is 1. The summed E-state index contributed by atoms with van der Waals surface area (Å²) in [5.74, 6) is -0.252. The number of rotatable bonds is 6. The van der Waals surface area contributed by atoms with Crippen LogP contribution in [0.4, 0.5) is 5.95 Å². The zero-order valence-corrected chi connectivity index (χ0v) is 16.2. The van der Waals surface area contributed by atoms with Crippen molar-refractivity contribution in [1.82, 2.24) is 19.5 Å². The van der Waals surface area contributed by atoms with Gasteiger partial charge in [0.25, 0.3) is 21.2 Å². The molecule has 1 aliphatic rings. The molecule has 0 spiro atoms. The number of phosphoric acid groups is 2. The number of aliphatic hydroxyl groups is 2. The van der Waals surface area contributed by atoms with Gasteiger partial charge in [-0.05, 0) is 6.92 Å². The number of imidazole rings is 1. The first kappa shape index (κ1) is 22.0. The van der Waals surface area contributed by atoms with E-state index in [0.29, 0.717) is 0 Å². The number of fused-ring (bicyclic) bond motifs is 1. The van der Waals surface area contributed by atoms with Gasteiger partial charge in [-0.25, -0.2) is 9.29 Å². The Kier molecular flexibility index (Phi) is 5.47. The van der Waals surface area contributed by atoms with Crippen LogP contribution in [0, 0.1) is 0 Å². The first-order chi connectivity index (χ1) is 13.2. The van der Waals surface area contributed by atoms with Crippen molar-refractivity contribution in [2.45, 2.75) is 31.0 Å². The second-order valence-corrected chi connectivity index (χ2v) is 9.01. The Morgan fingerprint density at radius 1 is 1.48 bits per heavy atom. The highest BCUT2D eigenvalue weighted by atomic mass is 31.3. The van der Waals surface area contributed by atoms with E-state index in [0.717, 1.165) is 17.8 Å². The van der Waals surface area contributed by atoms with Crippen molar-refractivity contribution in [3.63, 3.8) is 0 Å². The van der Waals surface area contributed by atoms with Crippen LogP contribution in [0.5, 0.6) is 0 Å². The number of H-pyrrole nitrogens is 1. The van der Waals surface area contributed by atoms with Gasteiger partial charge < -0.3 is 39.9 Å². The third-order valence-corrected chi connectivity index (χ3v) is 6.15. The maximum atomic E-state index is 11.9. The van der Waals surface area contributed by atoms with Gasteiger partial charge >= 0.3 is 0 Å². The maximum absolute atomic E-state index is 11.9. The summed E-state index contributed by atoms with van der Waals surface area (Å²) >= 11 is 0. The van der Waals surface area contributed by atoms with E-state index >= 15 is 0 Å². The lowest BCUT2D eigenvalue weighted by Crippen LogP contribution is -2.44. The fraction of sp³-hybridized carbons (Fsp3) is 0.545. The molecule has 3 unspecified atom stereocenters. The summed E-state index contributed by atoms with van der Waals surface area (Å²) in [6.07, 6.45) is -3.57. The molecule has 1 saturated heterocycles. The Balaban J connectivity index is 1.85. The molecule has 6 N–H and O–H groups in total. The molecule has 1 aliphatic heterocycles. The second-order valence-electron chi connectivity index (χ2n) is 6.27. The maximum Gasteiger partial charge on any atom is 0.280 e. The summed E-state index contributed by atoms with van der Waals surface area (Å²) < 4.78 is 36.1. The monoisotopic (exact) mass is 455 g/mol. The number of nitrogens with zero attached hydrogens (tertiary/aromatic N) is 3. The van der Waals surface area contributed by atoms with Crippen LogP contribution < -0.4 is 21.1 Å². The second kappa shape index (κ2) is 7.21. The van der Waals surface area contributed by atoms with Crippen molar-refractivity contribution in [3.05, 3.63) is 16.7 Å². The Morgan fingerprint density at radius 3 is 2.76 bits per heavy atom. The minimum Gasteiger partial charge on any atom is -0.756 e. The molecule has 3 heterocycles. The third kappa shape index (κ3) is 4.41. The fourth-order valence-corrected chi connectivity index (χ4v) is 4.34. The zero-order chi connectivity index (χ0) is 21.8. The molecule has 3 rings (SSSR count). The largest absolute Gasteiger partial charge is 0.756 e. The minimum absolute atomic E-state index is 0.0873. The van der Waals surface area contributed by atoms with E-state index < -0.39 is 51.8 Å². The lowest BCUT2D eigenvalue weighted by atomic mass is 9.96. The average molecular weight is 455 g/mol. The summed E-state index contributed by atoms with van der Waals surface area (Å²) in [5, 5.41) is 20.9. The van der Waals surface area contributed by atoms with Crippen LogP contribution in [-0.4, -0.2) is 59.0 Å². The van der Waals surface area contributed by atoms with E-state index in [1.165, 1.54) is 0 Å². The summed E-state index contributed by atoms with van der Waals surface area (Å²) in [6, 6.07) is 0. The van der Waals surface area contributed by atoms with Crippen molar-refractivity contribution >= 4 is 32.8 Å². The number of nitrogens with two attached hydrogens (primary N) is 1. The molecule has 2 aromatic rings. The number of nitrogen functional groups attached to an aromatic ring is 1. The van der Waals surface area contributed by atoms with Crippen molar-refractivity contribution in [2.75, 3.05) is 12.3 Å². The molecule has 0 bridgehead atoms. The van der Waals surface area contributed by atoms with Crippen LogP contribution in [0.3, 0.4) is 0 Å². The molecule has 0 aliphatic carbocycles. The molecule has 18 heteroatoms.